The molecule has 0 bridgehead atoms. The first-order valence-electron chi connectivity index (χ1n) is 8.49. The molecule has 0 spiro atoms. The van der Waals surface area contributed by atoms with Gasteiger partial charge in [0.05, 0.1) is 0 Å². The highest BCUT2D eigenvalue weighted by Gasteiger charge is 2.32. The van der Waals surface area contributed by atoms with Crippen LogP contribution in [0, 0.1) is 0 Å². The summed E-state index contributed by atoms with van der Waals surface area (Å²) < 4.78 is 2.35. The van der Waals surface area contributed by atoms with Crippen molar-refractivity contribution >= 4 is 40.9 Å². The molecule has 4 rings (SSSR count). The number of nitrogens with zero attached hydrogens (tertiary/aromatic N) is 4. The normalized spacial score (nSPS) is 18.2. The predicted octanol–water partition coefficient (Wildman–Crippen LogP) is 5.20. The Morgan fingerprint density at radius 2 is 1.88 bits per heavy atom. The van der Waals surface area contributed by atoms with Gasteiger partial charge in [-0.1, -0.05) is 41.0 Å². The molecule has 1 aromatic heterocycles. The van der Waals surface area contributed by atoms with Crippen LogP contribution in [0.2, 0.25) is 10.0 Å². The largest absolute Gasteiger partial charge is 0.341 e. The molecule has 0 N–H and O–H groups in total. The minimum atomic E-state index is 0.570. The maximum atomic E-state index is 6.29. The molecular weight excluding hydrogens is 363 g/mol. The number of piperidine rings is 1. The third-order valence-electron chi connectivity index (χ3n) is 4.57. The number of thioether (sulfide) groups is 1. The summed E-state index contributed by atoms with van der Waals surface area (Å²) in [4.78, 5) is 2.40. The van der Waals surface area contributed by atoms with Crippen molar-refractivity contribution in [1.29, 1.82) is 0 Å². The van der Waals surface area contributed by atoms with Crippen LogP contribution in [0.5, 0.6) is 0 Å². The Bertz CT molecular complexity index is 723. The number of hydrogen-bond acceptors (Lipinski definition) is 4. The number of benzene rings is 1. The van der Waals surface area contributed by atoms with E-state index >= 15 is 0 Å². The summed E-state index contributed by atoms with van der Waals surface area (Å²) in [5.74, 6) is 1.84. The Morgan fingerprint density at radius 3 is 2.58 bits per heavy atom. The third kappa shape index (κ3) is 3.53. The SMILES string of the molecule is Clc1ccc(CSc2nnc(N3CCCCC3)n2C2CC2)c(Cl)c1. The molecule has 1 saturated heterocycles. The summed E-state index contributed by atoms with van der Waals surface area (Å²) in [6.07, 6.45) is 6.29. The van der Waals surface area contributed by atoms with Crippen LogP contribution in [0.1, 0.15) is 43.7 Å². The van der Waals surface area contributed by atoms with E-state index in [1.807, 2.05) is 12.1 Å². The number of hydrogen-bond donors (Lipinski definition) is 0. The fourth-order valence-electron chi connectivity index (χ4n) is 3.11. The highest BCUT2D eigenvalue weighted by atomic mass is 35.5. The zero-order valence-electron chi connectivity index (χ0n) is 13.4. The monoisotopic (exact) mass is 382 g/mol. The van der Waals surface area contributed by atoms with E-state index in [0.29, 0.717) is 16.1 Å². The van der Waals surface area contributed by atoms with Gasteiger partial charge in [-0.3, -0.25) is 4.57 Å². The Hall–Kier alpha value is -0.910. The van der Waals surface area contributed by atoms with Crippen LogP contribution in [-0.4, -0.2) is 27.9 Å². The molecule has 1 aliphatic carbocycles. The Kier molecular flexibility index (Phi) is 4.93. The third-order valence-corrected chi connectivity index (χ3v) is 6.15. The van der Waals surface area contributed by atoms with Crippen LogP contribution in [0.15, 0.2) is 23.4 Å². The summed E-state index contributed by atoms with van der Waals surface area (Å²) in [6.45, 7) is 2.19. The van der Waals surface area contributed by atoms with Gasteiger partial charge in [-0.15, -0.1) is 10.2 Å². The lowest BCUT2D eigenvalue weighted by Gasteiger charge is -2.27. The molecule has 1 aliphatic heterocycles. The van der Waals surface area contributed by atoms with E-state index in [1.165, 1.54) is 32.1 Å². The number of halogens is 2. The first kappa shape index (κ1) is 16.6. The maximum Gasteiger partial charge on any atom is 0.228 e. The molecule has 0 unspecified atom stereocenters. The fourth-order valence-corrected chi connectivity index (χ4v) is 4.67. The van der Waals surface area contributed by atoms with Gasteiger partial charge in [0.15, 0.2) is 5.16 Å². The van der Waals surface area contributed by atoms with Gasteiger partial charge in [0, 0.05) is 34.9 Å². The lowest BCUT2D eigenvalue weighted by molar-refractivity contribution is 0.548. The van der Waals surface area contributed by atoms with Crippen LogP contribution in [0.3, 0.4) is 0 Å². The second-order valence-corrected chi connectivity index (χ2v) is 8.24. The van der Waals surface area contributed by atoms with Crippen LogP contribution in [0.25, 0.3) is 0 Å². The van der Waals surface area contributed by atoms with Crippen molar-refractivity contribution < 1.29 is 0 Å². The van der Waals surface area contributed by atoms with Crippen molar-refractivity contribution in [2.45, 2.75) is 49.1 Å². The molecule has 128 valence electrons. The lowest BCUT2D eigenvalue weighted by Crippen LogP contribution is -2.31. The number of anilines is 1. The van der Waals surface area contributed by atoms with Gasteiger partial charge in [0.1, 0.15) is 0 Å². The predicted molar refractivity (Wildman–Crippen MR) is 100 cm³/mol. The van der Waals surface area contributed by atoms with Gasteiger partial charge < -0.3 is 4.90 Å². The van der Waals surface area contributed by atoms with Crippen LogP contribution >= 0.6 is 35.0 Å². The standard InChI is InChI=1S/C17H20Cl2N4S/c18-13-5-4-12(15(19)10-13)11-24-17-21-20-16(23(17)14-6-7-14)22-8-2-1-3-9-22/h4-5,10,14H,1-3,6-9,11H2. The van der Waals surface area contributed by atoms with Gasteiger partial charge >= 0.3 is 0 Å². The topological polar surface area (TPSA) is 34.0 Å². The van der Waals surface area contributed by atoms with Crippen molar-refractivity contribution in [3.05, 3.63) is 33.8 Å². The van der Waals surface area contributed by atoms with Gasteiger partial charge in [0.25, 0.3) is 0 Å². The van der Waals surface area contributed by atoms with E-state index in [-0.39, 0.29) is 0 Å². The summed E-state index contributed by atoms with van der Waals surface area (Å²) in [5.41, 5.74) is 1.08. The van der Waals surface area contributed by atoms with Crippen molar-refractivity contribution in [2.75, 3.05) is 18.0 Å². The molecule has 2 fully saturated rings. The van der Waals surface area contributed by atoms with Gasteiger partial charge in [-0.2, -0.15) is 0 Å². The molecule has 0 radical (unpaired) electrons. The first-order valence-corrected chi connectivity index (χ1v) is 10.2. The average molecular weight is 383 g/mol. The van der Waals surface area contributed by atoms with E-state index in [9.17, 15) is 0 Å². The van der Waals surface area contributed by atoms with E-state index < -0.39 is 0 Å². The second kappa shape index (κ2) is 7.14. The molecular formula is C17H20Cl2N4S. The second-order valence-electron chi connectivity index (χ2n) is 6.46. The highest BCUT2D eigenvalue weighted by Crippen LogP contribution is 2.42. The smallest absolute Gasteiger partial charge is 0.228 e. The molecule has 1 aromatic carbocycles. The zero-order valence-corrected chi connectivity index (χ0v) is 15.7. The van der Waals surface area contributed by atoms with Crippen molar-refractivity contribution in [3.63, 3.8) is 0 Å². The molecule has 2 aromatic rings. The highest BCUT2D eigenvalue weighted by molar-refractivity contribution is 7.98. The zero-order chi connectivity index (χ0) is 16.5. The summed E-state index contributed by atoms with van der Waals surface area (Å²) >= 11 is 14.0. The fraction of sp³-hybridized carbons (Fsp3) is 0.529. The quantitative estimate of drug-likeness (QED) is 0.665. The van der Waals surface area contributed by atoms with Crippen LogP contribution in [-0.2, 0) is 5.75 Å². The Morgan fingerprint density at radius 1 is 1.08 bits per heavy atom. The molecule has 7 heteroatoms. The summed E-state index contributed by atoms with van der Waals surface area (Å²) in [5, 5.41) is 11.4. The lowest BCUT2D eigenvalue weighted by atomic mass is 10.1. The Labute approximate surface area is 156 Å². The molecule has 2 heterocycles. The minimum Gasteiger partial charge on any atom is -0.341 e. The molecule has 1 saturated carbocycles. The molecule has 4 nitrogen and oxygen atoms in total. The van der Waals surface area contributed by atoms with Crippen molar-refractivity contribution in [1.82, 2.24) is 14.8 Å². The van der Waals surface area contributed by atoms with Crippen LogP contribution < -0.4 is 4.90 Å². The van der Waals surface area contributed by atoms with Gasteiger partial charge in [-0.25, -0.2) is 0 Å². The van der Waals surface area contributed by atoms with E-state index in [2.05, 4.69) is 19.7 Å². The van der Waals surface area contributed by atoms with Crippen molar-refractivity contribution in [2.24, 2.45) is 0 Å². The minimum absolute atomic E-state index is 0.570. The van der Waals surface area contributed by atoms with Gasteiger partial charge in [-0.05, 0) is 49.8 Å². The molecule has 0 amide bonds. The van der Waals surface area contributed by atoms with Crippen LogP contribution in [0.4, 0.5) is 5.95 Å². The number of rotatable bonds is 5. The van der Waals surface area contributed by atoms with Gasteiger partial charge in [0.2, 0.25) is 5.95 Å². The number of aromatic nitrogens is 3. The Balaban J connectivity index is 1.53. The summed E-state index contributed by atoms with van der Waals surface area (Å²) in [7, 11) is 0. The van der Waals surface area contributed by atoms with E-state index in [4.69, 9.17) is 23.2 Å². The van der Waals surface area contributed by atoms with Crippen molar-refractivity contribution in [3.8, 4) is 0 Å². The van der Waals surface area contributed by atoms with E-state index in [0.717, 1.165) is 35.5 Å². The molecule has 2 aliphatic rings. The molecule has 0 atom stereocenters. The van der Waals surface area contributed by atoms with E-state index in [1.54, 1.807) is 17.8 Å². The average Bonchev–Trinajstić information content (AvgIpc) is 3.34. The maximum absolute atomic E-state index is 6.29. The first-order chi connectivity index (χ1) is 11.7. The summed E-state index contributed by atoms with van der Waals surface area (Å²) in [6, 6.07) is 6.24. The molecule has 24 heavy (non-hydrogen) atoms.